The molecule has 3 aromatic heterocycles. The number of carbonyl (C=O) groups is 1. The van der Waals surface area contributed by atoms with Crippen molar-refractivity contribution in [1.29, 1.82) is 0 Å². The second-order valence-corrected chi connectivity index (χ2v) is 8.05. The largest absolute Gasteiger partial charge is 0.373 e. The SMILES string of the molecule is CNc1cc(-c2ncc(Nc3ccc(N4CCN(C)CC4)cn3)c3c2CNC3=O)ccn1. The van der Waals surface area contributed by atoms with Gasteiger partial charge in [0.2, 0.25) is 0 Å². The molecule has 0 saturated carbocycles. The van der Waals surface area contributed by atoms with Gasteiger partial charge in [0.05, 0.1) is 35.0 Å². The molecule has 9 heteroatoms. The second kappa shape index (κ2) is 8.43. The van der Waals surface area contributed by atoms with Crippen LogP contribution in [0.1, 0.15) is 15.9 Å². The lowest BCUT2D eigenvalue weighted by molar-refractivity contribution is 0.0966. The van der Waals surface area contributed by atoms with Crippen LogP contribution < -0.4 is 20.9 Å². The number of nitrogens with zero attached hydrogens (tertiary/aromatic N) is 5. The number of nitrogens with one attached hydrogen (secondary N) is 3. The van der Waals surface area contributed by atoms with Crippen LogP contribution in [0.3, 0.4) is 0 Å². The van der Waals surface area contributed by atoms with Crippen LogP contribution in [-0.4, -0.2) is 66.0 Å². The lowest BCUT2D eigenvalue weighted by atomic mass is 10.0. The van der Waals surface area contributed by atoms with E-state index in [1.54, 1.807) is 12.4 Å². The van der Waals surface area contributed by atoms with Crippen LogP contribution in [0.25, 0.3) is 11.3 Å². The van der Waals surface area contributed by atoms with Crippen LogP contribution in [0.2, 0.25) is 0 Å². The number of fused-ring (bicyclic) bond motifs is 1. The van der Waals surface area contributed by atoms with Crippen LogP contribution in [-0.2, 0) is 6.54 Å². The van der Waals surface area contributed by atoms with Crippen LogP contribution in [0.4, 0.5) is 23.0 Å². The van der Waals surface area contributed by atoms with Crippen molar-refractivity contribution >= 4 is 28.9 Å². The number of hydrogen-bond acceptors (Lipinski definition) is 8. The standard InChI is InChI=1S/C23H26N8O/c1-24-20-11-15(5-6-25-20)22-17-13-28-23(32)21(17)18(14-27-22)29-19-4-3-16(12-26-19)31-9-7-30(2)8-10-31/h3-6,11-12,14H,7-10,13H2,1-2H3,(H,24,25)(H,26,29)(H,28,32). The Kier molecular flexibility index (Phi) is 5.32. The van der Waals surface area contributed by atoms with E-state index < -0.39 is 0 Å². The summed E-state index contributed by atoms with van der Waals surface area (Å²) < 4.78 is 0. The lowest BCUT2D eigenvalue weighted by Gasteiger charge is -2.33. The zero-order valence-corrected chi connectivity index (χ0v) is 18.2. The van der Waals surface area contributed by atoms with E-state index in [0.717, 1.165) is 54.5 Å². The smallest absolute Gasteiger partial charge is 0.254 e. The molecule has 5 heterocycles. The first-order valence-electron chi connectivity index (χ1n) is 10.7. The van der Waals surface area contributed by atoms with Gasteiger partial charge in [0.1, 0.15) is 11.6 Å². The second-order valence-electron chi connectivity index (χ2n) is 8.05. The van der Waals surface area contributed by atoms with Gasteiger partial charge in [-0.3, -0.25) is 9.78 Å². The van der Waals surface area contributed by atoms with Gasteiger partial charge in [-0.15, -0.1) is 0 Å². The predicted molar refractivity (Wildman–Crippen MR) is 125 cm³/mol. The Labute approximate surface area is 186 Å². The van der Waals surface area contributed by atoms with Crippen molar-refractivity contribution in [1.82, 2.24) is 25.2 Å². The first-order chi connectivity index (χ1) is 15.6. The van der Waals surface area contributed by atoms with E-state index in [2.05, 4.69) is 53.8 Å². The number of piperazine rings is 1. The van der Waals surface area contributed by atoms with Crippen molar-refractivity contribution in [2.75, 3.05) is 55.8 Å². The molecule has 2 aliphatic rings. The summed E-state index contributed by atoms with van der Waals surface area (Å²) in [6.45, 7) is 4.53. The third-order valence-electron chi connectivity index (χ3n) is 6.00. The molecule has 1 fully saturated rings. The Morgan fingerprint density at radius 3 is 2.59 bits per heavy atom. The maximum Gasteiger partial charge on any atom is 0.254 e. The quantitative estimate of drug-likeness (QED) is 0.567. The highest BCUT2D eigenvalue weighted by Crippen LogP contribution is 2.33. The molecule has 9 nitrogen and oxygen atoms in total. The number of likely N-dealkylation sites (N-methyl/N-ethyl adjacent to an activating group) is 1. The number of hydrogen-bond donors (Lipinski definition) is 3. The maximum atomic E-state index is 12.6. The first kappa shape index (κ1) is 20.2. The minimum absolute atomic E-state index is 0.108. The van der Waals surface area contributed by atoms with Gasteiger partial charge in [-0.05, 0) is 31.3 Å². The summed E-state index contributed by atoms with van der Waals surface area (Å²) in [5.74, 6) is 1.32. The van der Waals surface area contributed by atoms with Gasteiger partial charge in [0.15, 0.2) is 0 Å². The normalized spacial score (nSPS) is 15.9. The highest BCUT2D eigenvalue weighted by atomic mass is 16.1. The van der Waals surface area contributed by atoms with Crippen molar-refractivity contribution in [2.24, 2.45) is 0 Å². The maximum absolute atomic E-state index is 12.6. The van der Waals surface area contributed by atoms with Crippen LogP contribution >= 0.6 is 0 Å². The molecule has 0 atom stereocenters. The van der Waals surface area contributed by atoms with Crippen LogP contribution in [0.15, 0.2) is 42.9 Å². The Morgan fingerprint density at radius 1 is 1.00 bits per heavy atom. The molecule has 164 valence electrons. The van der Waals surface area contributed by atoms with Crippen molar-refractivity contribution < 1.29 is 4.79 Å². The molecule has 1 saturated heterocycles. The lowest BCUT2D eigenvalue weighted by Crippen LogP contribution is -2.44. The molecular weight excluding hydrogens is 404 g/mol. The zero-order valence-electron chi connectivity index (χ0n) is 18.2. The molecule has 1 amide bonds. The fourth-order valence-electron chi connectivity index (χ4n) is 4.15. The highest BCUT2D eigenvalue weighted by Gasteiger charge is 2.27. The highest BCUT2D eigenvalue weighted by molar-refractivity contribution is 6.05. The molecule has 0 aromatic carbocycles. The number of amides is 1. The average molecular weight is 431 g/mol. The van der Waals surface area contributed by atoms with Gasteiger partial charge in [-0.25, -0.2) is 9.97 Å². The molecule has 32 heavy (non-hydrogen) atoms. The molecule has 3 N–H and O–H groups in total. The summed E-state index contributed by atoms with van der Waals surface area (Å²) in [6.07, 6.45) is 5.32. The number of rotatable bonds is 5. The Bertz CT molecular complexity index is 1140. The van der Waals surface area contributed by atoms with E-state index in [4.69, 9.17) is 0 Å². The Morgan fingerprint density at radius 2 is 1.84 bits per heavy atom. The molecule has 0 unspecified atom stereocenters. The molecular formula is C23H26N8O. The summed E-state index contributed by atoms with van der Waals surface area (Å²) in [6, 6.07) is 7.84. The number of aromatic nitrogens is 3. The molecule has 0 spiro atoms. The molecule has 0 aliphatic carbocycles. The summed E-state index contributed by atoms with van der Waals surface area (Å²) in [7, 11) is 3.97. The molecule has 0 bridgehead atoms. The van der Waals surface area contributed by atoms with E-state index in [9.17, 15) is 4.79 Å². The minimum atomic E-state index is -0.108. The van der Waals surface area contributed by atoms with Crippen molar-refractivity contribution in [3.05, 3.63) is 54.0 Å². The topological polar surface area (TPSA) is 98.3 Å². The molecule has 2 aliphatic heterocycles. The van der Waals surface area contributed by atoms with Gasteiger partial charge < -0.3 is 25.8 Å². The zero-order chi connectivity index (χ0) is 22.1. The van der Waals surface area contributed by atoms with E-state index in [-0.39, 0.29) is 5.91 Å². The Balaban J connectivity index is 1.41. The third kappa shape index (κ3) is 3.82. The van der Waals surface area contributed by atoms with Gasteiger partial charge in [-0.1, -0.05) is 0 Å². The summed E-state index contributed by atoms with van der Waals surface area (Å²) >= 11 is 0. The average Bonchev–Trinajstić information content (AvgIpc) is 3.22. The minimum Gasteiger partial charge on any atom is -0.373 e. The van der Waals surface area contributed by atoms with Gasteiger partial charge >= 0.3 is 0 Å². The van der Waals surface area contributed by atoms with E-state index in [1.807, 2.05) is 31.4 Å². The summed E-state index contributed by atoms with van der Waals surface area (Å²) in [5, 5.41) is 9.25. The summed E-state index contributed by atoms with van der Waals surface area (Å²) in [5.41, 5.74) is 4.95. The summed E-state index contributed by atoms with van der Waals surface area (Å²) in [4.78, 5) is 30.8. The monoisotopic (exact) mass is 430 g/mol. The number of pyridine rings is 3. The molecule has 3 aromatic rings. The van der Waals surface area contributed by atoms with Gasteiger partial charge in [-0.2, -0.15) is 0 Å². The number of anilines is 4. The van der Waals surface area contributed by atoms with Crippen molar-refractivity contribution in [2.45, 2.75) is 6.54 Å². The van der Waals surface area contributed by atoms with Crippen molar-refractivity contribution in [3.8, 4) is 11.3 Å². The predicted octanol–water partition coefficient (Wildman–Crippen LogP) is 2.32. The van der Waals surface area contributed by atoms with E-state index in [1.165, 1.54) is 0 Å². The van der Waals surface area contributed by atoms with Crippen LogP contribution in [0, 0.1) is 0 Å². The van der Waals surface area contributed by atoms with Crippen LogP contribution in [0.5, 0.6) is 0 Å². The fourth-order valence-corrected chi connectivity index (χ4v) is 4.15. The number of carbonyl (C=O) groups excluding carboxylic acids is 1. The van der Waals surface area contributed by atoms with E-state index >= 15 is 0 Å². The van der Waals surface area contributed by atoms with E-state index in [0.29, 0.717) is 23.6 Å². The third-order valence-corrected chi connectivity index (χ3v) is 6.00. The fraction of sp³-hybridized carbons (Fsp3) is 0.304. The first-order valence-corrected chi connectivity index (χ1v) is 10.7. The molecule has 5 rings (SSSR count). The van der Waals surface area contributed by atoms with Crippen molar-refractivity contribution in [3.63, 3.8) is 0 Å². The molecule has 0 radical (unpaired) electrons. The Hall–Kier alpha value is -3.72. The van der Waals surface area contributed by atoms with Gasteiger partial charge in [0, 0.05) is 57.1 Å². The van der Waals surface area contributed by atoms with Gasteiger partial charge in [0.25, 0.3) is 5.91 Å².